The molecule has 0 aliphatic carbocycles. The molecule has 0 radical (unpaired) electrons. The minimum Gasteiger partial charge on any atom is -0.497 e. The molecule has 0 spiro atoms. The van der Waals surface area contributed by atoms with E-state index >= 15 is 0 Å². The predicted molar refractivity (Wildman–Crippen MR) is 119 cm³/mol. The van der Waals surface area contributed by atoms with Gasteiger partial charge in [-0.25, -0.2) is 8.42 Å². The molecule has 0 saturated heterocycles. The topological polar surface area (TPSA) is 75.7 Å². The van der Waals surface area contributed by atoms with Crippen LogP contribution in [0, 0.1) is 0 Å². The lowest BCUT2D eigenvalue weighted by atomic mass is 10.3. The van der Waals surface area contributed by atoms with Crippen LogP contribution in [0.3, 0.4) is 0 Å². The van der Waals surface area contributed by atoms with Crippen molar-refractivity contribution in [2.75, 3.05) is 23.3 Å². The number of hydrogen-bond acceptors (Lipinski definition) is 4. The first-order chi connectivity index (χ1) is 14.3. The van der Waals surface area contributed by atoms with Gasteiger partial charge in [0.2, 0.25) is 5.91 Å². The van der Waals surface area contributed by atoms with Crippen LogP contribution in [0.1, 0.15) is 0 Å². The van der Waals surface area contributed by atoms with E-state index < -0.39 is 22.5 Å². The molecule has 0 aliphatic rings. The number of benzene rings is 3. The molecule has 3 rings (SSSR count). The average molecular weight is 465 g/mol. The van der Waals surface area contributed by atoms with Crippen LogP contribution in [-0.4, -0.2) is 28.0 Å². The Morgan fingerprint density at radius 2 is 1.53 bits per heavy atom. The molecule has 3 aromatic rings. The summed E-state index contributed by atoms with van der Waals surface area (Å²) in [5.74, 6) is -0.0385. The van der Waals surface area contributed by atoms with Crippen LogP contribution in [-0.2, 0) is 14.8 Å². The fourth-order valence-electron chi connectivity index (χ4n) is 2.71. The molecule has 30 heavy (non-hydrogen) atoms. The molecule has 3 aromatic carbocycles. The number of methoxy groups -OCH3 is 1. The zero-order valence-electron chi connectivity index (χ0n) is 15.9. The van der Waals surface area contributed by atoms with Crippen molar-refractivity contribution in [2.45, 2.75) is 4.90 Å². The number of carbonyl (C=O) groups is 1. The van der Waals surface area contributed by atoms with Gasteiger partial charge < -0.3 is 10.1 Å². The van der Waals surface area contributed by atoms with Gasteiger partial charge in [-0.3, -0.25) is 9.10 Å². The summed E-state index contributed by atoms with van der Waals surface area (Å²) in [6.45, 7) is -0.481. The second-order valence-corrected chi connectivity index (χ2v) is 8.84. The zero-order valence-corrected chi connectivity index (χ0v) is 18.2. The molecular formula is C21H18Cl2N2O4S. The van der Waals surface area contributed by atoms with Crippen LogP contribution < -0.4 is 14.4 Å². The van der Waals surface area contributed by atoms with E-state index in [4.69, 9.17) is 27.9 Å². The van der Waals surface area contributed by atoms with Crippen molar-refractivity contribution < 1.29 is 17.9 Å². The third-order valence-corrected chi connectivity index (χ3v) is 6.62. The maximum atomic E-state index is 13.3. The van der Waals surface area contributed by atoms with Crippen LogP contribution in [0.25, 0.3) is 0 Å². The van der Waals surface area contributed by atoms with E-state index in [-0.39, 0.29) is 20.6 Å². The highest BCUT2D eigenvalue weighted by atomic mass is 35.5. The highest BCUT2D eigenvalue weighted by Gasteiger charge is 2.27. The molecule has 0 bridgehead atoms. The summed E-state index contributed by atoms with van der Waals surface area (Å²) >= 11 is 12.2. The molecule has 0 unspecified atom stereocenters. The number of para-hydroxylation sites is 1. The summed E-state index contributed by atoms with van der Waals surface area (Å²) in [4.78, 5) is 12.8. The Hall–Kier alpha value is -2.74. The molecule has 0 fully saturated rings. The smallest absolute Gasteiger partial charge is 0.264 e. The number of hydrogen-bond donors (Lipinski definition) is 1. The number of amides is 1. The molecule has 0 aliphatic heterocycles. The monoisotopic (exact) mass is 464 g/mol. The van der Waals surface area contributed by atoms with E-state index in [1.54, 1.807) is 60.7 Å². The Kier molecular flexibility index (Phi) is 6.87. The van der Waals surface area contributed by atoms with Gasteiger partial charge in [0.25, 0.3) is 10.0 Å². The molecule has 0 saturated carbocycles. The van der Waals surface area contributed by atoms with Gasteiger partial charge in [-0.05, 0) is 48.5 Å². The number of anilines is 2. The van der Waals surface area contributed by atoms with E-state index in [0.717, 1.165) is 4.31 Å². The second kappa shape index (κ2) is 9.38. The highest BCUT2D eigenvalue weighted by molar-refractivity contribution is 7.92. The second-order valence-electron chi connectivity index (χ2n) is 6.17. The number of sulfonamides is 1. The molecule has 1 N–H and O–H groups in total. The Morgan fingerprint density at radius 3 is 2.10 bits per heavy atom. The third kappa shape index (κ3) is 4.87. The lowest BCUT2D eigenvalue weighted by molar-refractivity contribution is -0.114. The average Bonchev–Trinajstić information content (AvgIpc) is 2.75. The van der Waals surface area contributed by atoms with Gasteiger partial charge in [0.15, 0.2) is 0 Å². The summed E-state index contributed by atoms with van der Waals surface area (Å²) in [5, 5.41) is 3.09. The number of halogens is 2. The van der Waals surface area contributed by atoms with Crippen molar-refractivity contribution >= 4 is 50.5 Å². The van der Waals surface area contributed by atoms with Crippen LogP contribution in [0.15, 0.2) is 77.7 Å². The lowest BCUT2D eigenvalue weighted by Crippen LogP contribution is -2.38. The number of rotatable bonds is 7. The number of nitrogens with zero attached hydrogens (tertiary/aromatic N) is 1. The van der Waals surface area contributed by atoms with E-state index in [9.17, 15) is 13.2 Å². The van der Waals surface area contributed by atoms with Gasteiger partial charge in [-0.2, -0.15) is 0 Å². The van der Waals surface area contributed by atoms with Crippen LogP contribution >= 0.6 is 23.2 Å². The Morgan fingerprint density at radius 1 is 0.933 bits per heavy atom. The number of nitrogens with one attached hydrogen (secondary N) is 1. The maximum Gasteiger partial charge on any atom is 0.264 e. The molecule has 156 valence electrons. The van der Waals surface area contributed by atoms with Crippen LogP contribution in [0.4, 0.5) is 11.4 Å². The highest BCUT2D eigenvalue weighted by Crippen LogP contribution is 2.30. The Labute approximate surface area is 185 Å². The van der Waals surface area contributed by atoms with Gasteiger partial charge in [-0.1, -0.05) is 47.5 Å². The van der Waals surface area contributed by atoms with Crippen molar-refractivity contribution in [3.05, 3.63) is 82.8 Å². The van der Waals surface area contributed by atoms with Crippen molar-refractivity contribution in [3.63, 3.8) is 0 Å². The van der Waals surface area contributed by atoms with Crippen molar-refractivity contribution in [1.82, 2.24) is 0 Å². The van der Waals surface area contributed by atoms with E-state index in [1.807, 2.05) is 0 Å². The SMILES string of the molecule is COc1ccc(N(CC(=O)Nc2c(Cl)cccc2Cl)S(=O)(=O)c2ccccc2)cc1. The van der Waals surface area contributed by atoms with Gasteiger partial charge >= 0.3 is 0 Å². The van der Waals surface area contributed by atoms with E-state index in [0.29, 0.717) is 11.4 Å². The quantitative estimate of drug-likeness (QED) is 0.542. The Balaban J connectivity index is 1.96. The summed E-state index contributed by atoms with van der Waals surface area (Å²) in [7, 11) is -2.51. The fraction of sp³-hybridized carbons (Fsp3) is 0.0952. The largest absolute Gasteiger partial charge is 0.497 e. The summed E-state index contributed by atoms with van der Waals surface area (Å²) < 4.78 is 32.7. The number of carbonyl (C=O) groups excluding carboxylic acids is 1. The van der Waals surface area contributed by atoms with Gasteiger partial charge in [0.05, 0.1) is 33.4 Å². The first-order valence-electron chi connectivity index (χ1n) is 8.78. The molecule has 1 amide bonds. The maximum absolute atomic E-state index is 13.3. The minimum atomic E-state index is -4.02. The lowest BCUT2D eigenvalue weighted by Gasteiger charge is -2.24. The summed E-state index contributed by atoms with van der Waals surface area (Å²) in [6, 6.07) is 19.0. The first kappa shape index (κ1) is 22.0. The molecule has 6 nitrogen and oxygen atoms in total. The normalized spacial score (nSPS) is 11.0. The number of ether oxygens (including phenoxy) is 1. The first-order valence-corrected chi connectivity index (χ1v) is 11.0. The van der Waals surface area contributed by atoms with Gasteiger partial charge in [0.1, 0.15) is 12.3 Å². The van der Waals surface area contributed by atoms with E-state index in [2.05, 4.69) is 5.32 Å². The molecule has 0 aromatic heterocycles. The van der Waals surface area contributed by atoms with Crippen molar-refractivity contribution in [2.24, 2.45) is 0 Å². The van der Waals surface area contributed by atoms with Crippen molar-refractivity contribution in [3.8, 4) is 5.75 Å². The van der Waals surface area contributed by atoms with E-state index in [1.165, 1.54) is 19.2 Å². The summed E-state index contributed by atoms with van der Waals surface area (Å²) in [5.41, 5.74) is 0.526. The zero-order chi connectivity index (χ0) is 21.7. The third-order valence-electron chi connectivity index (χ3n) is 4.21. The molecular weight excluding hydrogens is 447 g/mol. The standard InChI is InChI=1S/C21H18Cl2N2O4S/c1-29-16-12-10-15(11-13-16)25(30(27,28)17-6-3-2-4-7-17)14-20(26)24-21-18(22)8-5-9-19(21)23/h2-13H,14H2,1H3,(H,24,26). The minimum absolute atomic E-state index is 0.0596. The van der Waals surface area contributed by atoms with Gasteiger partial charge in [0, 0.05) is 0 Å². The van der Waals surface area contributed by atoms with Crippen LogP contribution in [0.5, 0.6) is 5.75 Å². The fourth-order valence-corrected chi connectivity index (χ4v) is 4.64. The predicted octanol–water partition coefficient (Wildman–Crippen LogP) is 4.84. The molecule has 9 heteroatoms. The van der Waals surface area contributed by atoms with Gasteiger partial charge in [-0.15, -0.1) is 0 Å². The van der Waals surface area contributed by atoms with Crippen molar-refractivity contribution in [1.29, 1.82) is 0 Å². The molecule has 0 heterocycles. The Bertz CT molecular complexity index is 1120. The summed E-state index contributed by atoms with van der Waals surface area (Å²) in [6.07, 6.45) is 0. The molecule has 0 atom stereocenters. The van der Waals surface area contributed by atoms with Crippen LogP contribution in [0.2, 0.25) is 10.0 Å².